The Kier molecular flexibility index (Phi) is 4.20. The molecule has 0 N–H and O–H groups in total. The summed E-state index contributed by atoms with van der Waals surface area (Å²) in [6.45, 7) is 0. The maximum Gasteiger partial charge on any atom is 0.433 e. The molecule has 0 saturated heterocycles. The van der Waals surface area contributed by atoms with Gasteiger partial charge in [0.05, 0.1) is 0 Å². The fraction of sp³-hybridized carbons (Fsp3) is 0.267. The van der Waals surface area contributed by atoms with Gasteiger partial charge in [-0.15, -0.1) is 0 Å². The Morgan fingerprint density at radius 2 is 1.63 bits per heavy atom. The van der Waals surface area contributed by atoms with Crippen LogP contribution in [0.1, 0.15) is 23.2 Å². The molecule has 0 aliphatic heterocycles. The Morgan fingerprint density at radius 1 is 0.895 bits per heavy atom. The molecule has 19 heavy (non-hydrogen) atoms. The Labute approximate surface area is 110 Å². The Morgan fingerprint density at radius 3 is 2.32 bits per heavy atom. The van der Waals surface area contributed by atoms with Gasteiger partial charge in [-0.2, -0.15) is 13.2 Å². The van der Waals surface area contributed by atoms with Crippen LogP contribution in [0.5, 0.6) is 0 Å². The van der Waals surface area contributed by atoms with E-state index in [4.69, 9.17) is 0 Å². The molecule has 1 nitrogen and oxygen atoms in total. The zero-order valence-corrected chi connectivity index (χ0v) is 10.3. The first-order valence-electron chi connectivity index (χ1n) is 6.12. The molecule has 0 unspecified atom stereocenters. The van der Waals surface area contributed by atoms with Gasteiger partial charge in [0.2, 0.25) is 0 Å². The van der Waals surface area contributed by atoms with E-state index in [1.807, 2.05) is 30.3 Å². The smallest absolute Gasteiger partial charge is 0.252 e. The minimum Gasteiger partial charge on any atom is -0.252 e. The van der Waals surface area contributed by atoms with E-state index >= 15 is 0 Å². The number of hydrogen-bond acceptors (Lipinski definition) is 1. The molecule has 100 valence electrons. The third kappa shape index (κ3) is 3.81. The molecule has 0 atom stereocenters. The summed E-state index contributed by atoms with van der Waals surface area (Å²) in [6, 6.07) is 12.8. The summed E-state index contributed by atoms with van der Waals surface area (Å²) in [5.74, 6) is 0. The van der Waals surface area contributed by atoms with Gasteiger partial charge in [0.15, 0.2) is 0 Å². The Hall–Kier alpha value is -1.84. The van der Waals surface area contributed by atoms with Gasteiger partial charge in [0.25, 0.3) is 0 Å². The highest BCUT2D eigenvalue weighted by molar-refractivity contribution is 5.23. The van der Waals surface area contributed by atoms with Gasteiger partial charge in [-0.25, -0.2) is 0 Å². The summed E-state index contributed by atoms with van der Waals surface area (Å²) in [7, 11) is 0. The van der Waals surface area contributed by atoms with E-state index < -0.39 is 11.9 Å². The third-order valence-corrected chi connectivity index (χ3v) is 2.91. The maximum absolute atomic E-state index is 12.7. The molecule has 0 aliphatic rings. The number of benzene rings is 1. The summed E-state index contributed by atoms with van der Waals surface area (Å²) >= 11 is 0. The first-order valence-corrected chi connectivity index (χ1v) is 6.12. The molecular formula is C15H14F3N. The van der Waals surface area contributed by atoms with Crippen LogP contribution in [0.4, 0.5) is 13.2 Å². The van der Waals surface area contributed by atoms with Gasteiger partial charge < -0.3 is 0 Å². The first-order chi connectivity index (χ1) is 9.07. The van der Waals surface area contributed by atoms with E-state index in [9.17, 15) is 13.2 Å². The highest BCUT2D eigenvalue weighted by atomic mass is 19.4. The van der Waals surface area contributed by atoms with Gasteiger partial charge in [-0.1, -0.05) is 36.4 Å². The van der Waals surface area contributed by atoms with Gasteiger partial charge >= 0.3 is 6.18 Å². The fourth-order valence-corrected chi connectivity index (χ4v) is 2.02. The van der Waals surface area contributed by atoms with Gasteiger partial charge in [-0.05, 0) is 36.5 Å². The molecule has 0 saturated carbocycles. The first kappa shape index (κ1) is 13.6. The van der Waals surface area contributed by atoms with Crippen LogP contribution >= 0.6 is 0 Å². The van der Waals surface area contributed by atoms with Crippen molar-refractivity contribution in [1.29, 1.82) is 0 Å². The minimum absolute atomic E-state index is 0.269. The quantitative estimate of drug-likeness (QED) is 0.804. The van der Waals surface area contributed by atoms with E-state index in [-0.39, 0.29) is 5.56 Å². The molecule has 0 radical (unpaired) electrons. The van der Waals surface area contributed by atoms with E-state index in [1.165, 1.54) is 12.3 Å². The molecule has 2 aromatic rings. The third-order valence-electron chi connectivity index (χ3n) is 2.91. The van der Waals surface area contributed by atoms with Crippen LogP contribution in [0.3, 0.4) is 0 Å². The Bertz CT molecular complexity index is 520. The van der Waals surface area contributed by atoms with Crippen LogP contribution in [-0.2, 0) is 19.0 Å². The molecule has 1 aromatic heterocycles. The molecule has 0 bridgehead atoms. The minimum atomic E-state index is -4.37. The lowest BCUT2D eigenvalue weighted by atomic mass is 10.0. The Balaban J connectivity index is 2.00. The standard InChI is InChI=1S/C15H14F3N/c16-15(17,18)14-13(10-5-11-19-14)9-4-8-12-6-2-1-3-7-12/h1-3,5-7,10-11H,4,8-9H2. The van der Waals surface area contributed by atoms with Crippen molar-refractivity contribution in [3.05, 3.63) is 65.5 Å². The zero-order chi connectivity index (χ0) is 13.7. The number of nitrogens with zero attached hydrogens (tertiary/aromatic N) is 1. The molecule has 0 amide bonds. The molecule has 1 aromatic carbocycles. The maximum atomic E-state index is 12.7. The summed E-state index contributed by atoms with van der Waals surface area (Å²) in [4.78, 5) is 3.45. The zero-order valence-electron chi connectivity index (χ0n) is 10.3. The van der Waals surface area contributed by atoms with Crippen molar-refractivity contribution in [3.63, 3.8) is 0 Å². The van der Waals surface area contributed by atoms with Crippen molar-refractivity contribution in [2.75, 3.05) is 0 Å². The number of aryl methyl sites for hydroxylation is 2. The highest BCUT2D eigenvalue weighted by Gasteiger charge is 2.34. The number of rotatable bonds is 4. The molecule has 4 heteroatoms. The van der Waals surface area contributed by atoms with Gasteiger partial charge in [0, 0.05) is 6.20 Å². The number of halogens is 3. The van der Waals surface area contributed by atoms with Crippen molar-refractivity contribution in [2.45, 2.75) is 25.4 Å². The van der Waals surface area contributed by atoms with Crippen LogP contribution in [0.25, 0.3) is 0 Å². The molecule has 0 fully saturated rings. The van der Waals surface area contributed by atoms with E-state index in [2.05, 4.69) is 4.98 Å². The lowest BCUT2D eigenvalue weighted by molar-refractivity contribution is -0.141. The van der Waals surface area contributed by atoms with E-state index in [0.29, 0.717) is 12.8 Å². The second-order valence-corrected chi connectivity index (χ2v) is 4.35. The predicted molar refractivity (Wildman–Crippen MR) is 67.7 cm³/mol. The van der Waals surface area contributed by atoms with Crippen LogP contribution < -0.4 is 0 Å². The second kappa shape index (κ2) is 5.87. The van der Waals surface area contributed by atoms with Crippen LogP contribution in [0, 0.1) is 0 Å². The molecule has 1 heterocycles. The van der Waals surface area contributed by atoms with Gasteiger partial charge in [-0.3, -0.25) is 4.98 Å². The number of alkyl halides is 3. The predicted octanol–water partition coefficient (Wildman–Crippen LogP) is 4.28. The lowest BCUT2D eigenvalue weighted by Crippen LogP contribution is -2.11. The second-order valence-electron chi connectivity index (χ2n) is 4.35. The SMILES string of the molecule is FC(F)(F)c1ncccc1CCCc1ccccc1. The molecule has 0 aliphatic carbocycles. The van der Waals surface area contributed by atoms with Crippen LogP contribution in [0.15, 0.2) is 48.7 Å². The molecule has 0 spiro atoms. The molecular weight excluding hydrogens is 251 g/mol. The summed E-state index contributed by atoms with van der Waals surface area (Å²) in [6.07, 6.45) is -1.35. The lowest BCUT2D eigenvalue weighted by Gasteiger charge is -2.11. The summed E-state index contributed by atoms with van der Waals surface area (Å²) < 4.78 is 38.2. The number of pyridine rings is 1. The highest BCUT2D eigenvalue weighted by Crippen LogP contribution is 2.30. The average Bonchev–Trinajstić information content (AvgIpc) is 2.39. The fourth-order valence-electron chi connectivity index (χ4n) is 2.02. The average molecular weight is 265 g/mol. The van der Waals surface area contributed by atoms with Crippen molar-refractivity contribution in [1.82, 2.24) is 4.98 Å². The van der Waals surface area contributed by atoms with Crippen molar-refractivity contribution >= 4 is 0 Å². The molecule has 2 rings (SSSR count). The van der Waals surface area contributed by atoms with Gasteiger partial charge in [0.1, 0.15) is 5.69 Å². The summed E-state index contributed by atoms with van der Waals surface area (Å²) in [5, 5.41) is 0. The number of aromatic nitrogens is 1. The van der Waals surface area contributed by atoms with E-state index in [0.717, 1.165) is 12.0 Å². The number of hydrogen-bond donors (Lipinski definition) is 0. The van der Waals surface area contributed by atoms with Crippen molar-refractivity contribution in [2.24, 2.45) is 0 Å². The van der Waals surface area contributed by atoms with Crippen molar-refractivity contribution < 1.29 is 13.2 Å². The normalized spacial score (nSPS) is 11.5. The van der Waals surface area contributed by atoms with E-state index in [1.54, 1.807) is 6.07 Å². The largest absolute Gasteiger partial charge is 0.433 e. The van der Waals surface area contributed by atoms with Crippen molar-refractivity contribution in [3.8, 4) is 0 Å². The van der Waals surface area contributed by atoms with Crippen LogP contribution in [0.2, 0.25) is 0 Å². The van der Waals surface area contributed by atoms with Crippen LogP contribution in [-0.4, -0.2) is 4.98 Å². The summed E-state index contributed by atoms with van der Waals surface area (Å²) in [5.41, 5.74) is 0.647. The monoisotopic (exact) mass is 265 g/mol. The topological polar surface area (TPSA) is 12.9 Å².